The Morgan fingerprint density at radius 3 is 2.84 bits per heavy atom. The van der Waals surface area contributed by atoms with Crippen LogP contribution in [-0.2, 0) is 13.0 Å². The molecule has 1 aliphatic carbocycles. The molecule has 1 heterocycles. The van der Waals surface area contributed by atoms with Gasteiger partial charge in [0.1, 0.15) is 12.2 Å². The average molecular weight is 264 g/mol. The lowest BCUT2D eigenvalue weighted by molar-refractivity contribution is 0.299. The molecular weight excluding hydrogens is 236 g/mol. The van der Waals surface area contributed by atoms with Gasteiger partial charge in [-0.05, 0) is 25.8 Å². The van der Waals surface area contributed by atoms with E-state index in [-0.39, 0.29) is 0 Å². The van der Waals surface area contributed by atoms with E-state index in [1.165, 1.54) is 38.5 Å². The number of nitrogens with zero attached hydrogens (tertiary/aromatic N) is 3. The molecule has 0 radical (unpaired) electrons. The van der Waals surface area contributed by atoms with Crippen LogP contribution >= 0.6 is 0 Å². The molecule has 1 saturated carbocycles. The van der Waals surface area contributed by atoms with Gasteiger partial charge in [-0.3, -0.25) is 4.68 Å². The Kier molecular flexibility index (Phi) is 5.83. The minimum atomic E-state index is 0.544. The third kappa shape index (κ3) is 4.30. The Bertz CT molecular complexity index is 355. The topological polar surface area (TPSA) is 42.7 Å². The molecule has 1 fully saturated rings. The van der Waals surface area contributed by atoms with Gasteiger partial charge in [0.15, 0.2) is 0 Å². The molecule has 108 valence electrons. The smallest absolute Gasteiger partial charge is 0.138 e. The van der Waals surface area contributed by atoms with Crippen LogP contribution in [0.1, 0.15) is 57.7 Å². The molecule has 1 aromatic heterocycles. The summed E-state index contributed by atoms with van der Waals surface area (Å²) in [6.45, 7) is 3.16. The molecule has 1 aromatic rings. The minimum absolute atomic E-state index is 0.544. The van der Waals surface area contributed by atoms with E-state index in [1.807, 2.05) is 0 Å². The van der Waals surface area contributed by atoms with Gasteiger partial charge in [-0.2, -0.15) is 5.10 Å². The van der Waals surface area contributed by atoms with E-state index in [2.05, 4.69) is 34.1 Å². The van der Waals surface area contributed by atoms with Crippen LogP contribution in [0, 0.1) is 5.92 Å². The fourth-order valence-corrected chi connectivity index (χ4v) is 3.19. The van der Waals surface area contributed by atoms with Gasteiger partial charge in [-0.1, -0.05) is 39.0 Å². The van der Waals surface area contributed by atoms with Gasteiger partial charge < -0.3 is 5.32 Å². The lowest BCUT2D eigenvalue weighted by Crippen LogP contribution is -2.32. The highest BCUT2D eigenvalue weighted by atomic mass is 15.3. The van der Waals surface area contributed by atoms with Crippen molar-refractivity contribution < 1.29 is 0 Å². The molecule has 1 aliphatic rings. The Hall–Kier alpha value is -0.900. The molecule has 1 unspecified atom stereocenters. The van der Waals surface area contributed by atoms with Crippen molar-refractivity contribution in [2.75, 3.05) is 7.05 Å². The summed E-state index contributed by atoms with van der Waals surface area (Å²) in [6, 6.07) is 0.544. The van der Waals surface area contributed by atoms with Crippen molar-refractivity contribution in [2.24, 2.45) is 5.92 Å². The van der Waals surface area contributed by atoms with Crippen molar-refractivity contribution in [3.05, 3.63) is 12.2 Å². The van der Waals surface area contributed by atoms with Crippen LogP contribution < -0.4 is 5.32 Å². The van der Waals surface area contributed by atoms with Crippen molar-refractivity contribution in [1.29, 1.82) is 0 Å². The highest BCUT2D eigenvalue weighted by molar-refractivity contribution is 4.90. The summed E-state index contributed by atoms with van der Waals surface area (Å²) >= 11 is 0. The maximum atomic E-state index is 4.43. The van der Waals surface area contributed by atoms with E-state index in [4.69, 9.17) is 0 Å². The Balaban J connectivity index is 1.88. The zero-order valence-corrected chi connectivity index (χ0v) is 12.4. The lowest BCUT2D eigenvalue weighted by atomic mass is 9.84. The molecule has 0 aromatic carbocycles. The van der Waals surface area contributed by atoms with E-state index < -0.39 is 0 Å². The standard InChI is InChI=1S/C15H28N4/c1-3-9-19-15(17-12-18-19)11-14(16-2)10-13-7-5-4-6-8-13/h12-14,16H,3-11H2,1-2H3. The molecule has 0 spiro atoms. The highest BCUT2D eigenvalue weighted by Crippen LogP contribution is 2.27. The van der Waals surface area contributed by atoms with Gasteiger partial charge in [0.2, 0.25) is 0 Å². The first-order chi connectivity index (χ1) is 9.33. The summed E-state index contributed by atoms with van der Waals surface area (Å²) in [5.41, 5.74) is 0. The van der Waals surface area contributed by atoms with E-state index in [0.717, 1.165) is 31.1 Å². The largest absolute Gasteiger partial charge is 0.317 e. The van der Waals surface area contributed by atoms with Gasteiger partial charge in [-0.25, -0.2) is 4.98 Å². The van der Waals surface area contributed by atoms with Crippen molar-refractivity contribution in [2.45, 2.75) is 70.9 Å². The number of likely N-dealkylation sites (N-methyl/N-ethyl adjacent to an activating group) is 1. The molecule has 2 rings (SSSR count). The Labute approximate surface area is 117 Å². The molecule has 4 heteroatoms. The van der Waals surface area contributed by atoms with E-state index in [1.54, 1.807) is 6.33 Å². The summed E-state index contributed by atoms with van der Waals surface area (Å²) in [6.07, 6.45) is 12.2. The molecule has 19 heavy (non-hydrogen) atoms. The number of nitrogens with one attached hydrogen (secondary N) is 1. The molecular formula is C15H28N4. The lowest BCUT2D eigenvalue weighted by Gasteiger charge is -2.26. The van der Waals surface area contributed by atoms with Crippen LogP contribution in [0.3, 0.4) is 0 Å². The third-order valence-electron chi connectivity index (χ3n) is 4.31. The Morgan fingerprint density at radius 1 is 1.37 bits per heavy atom. The quantitative estimate of drug-likeness (QED) is 0.823. The average Bonchev–Trinajstić information content (AvgIpc) is 2.87. The van der Waals surface area contributed by atoms with Gasteiger partial charge in [0, 0.05) is 19.0 Å². The number of aryl methyl sites for hydroxylation is 1. The fraction of sp³-hybridized carbons (Fsp3) is 0.867. The van der Waals surface area contributed by atoms with Crippen LogP contribution in [0.2, 0.25) is 0 Å². The SMILES string of the molecule is CCCn1ncnc1CC(CC1CCCCC1)NC. The van der Waals surface area contributed by atoms with Gasteiger partial charge in [-0.15, -0.1) is 0 Å². The highest BCUT2D eigenvalue weighted by Gasteiger charge is 2.19. The van der Waals surface area contributed by atoms with E-state index >= 15 is 0 Å². The first-order valence-electron chi connectivity index (χ1n) is 7.87. The van der Waals surface area contributed by atoms with Crippen molar-refractivity contribution >= 4 is 0 Å². The maximum Gasteiger partial charge on any atom is 0.138 e. The Morgan fingerprint density at radius 2 is 2.16 bits per heavy atom. The summed E-state index contributed by atoms with van der Waals surface area (Å²) in [5, 5.41) is 7.79. The zero-order valence-electron chi connectivity index (χ0n) is 12.4. The molecule has 0 saturated heterocycles. The van der Waals surface area contributed by atoms with E-state index in [9.17, 15) is 0 Å². The maximum absolute atomic E-state index is 4.43. The van der Waals surface area contributed by atoms with Crippen LogP contribution in [0.15, 0.2) is 6.33 Å². The molecule has 0 aliphatic heterocycles. The molecule has 0 amide bonds. The molecule has 0 bridgehead atoms. The van der Waals surface area contributed by atoms with Crippen LogP contribution in [0.25, 0.3) is 0 Å². The van der Waals surface area contributed by atoms with Crippen molar-refractivity contribution in [3.63, 3.8) is 0 Å². The third-order valence-corrected chi connectivity index (χ3v) is 4.31. The molecule has 4 nitrogen and oxygen atoms in total. The second-order valence-electron chi connectivity index (χ2n) is 5.83. The molecule has 1 N–H and O–H groups in total. The van der Waals surface area contributed by atoms with Gasteiger partial charge in [0.25, 0.3) is 0 Å². The second-order valence-corrected chi connectivity index (χ2v) is 5.83. The number of hydrogen-bond acceptors (Lipinski definition) is 3. The van der Waals surface area contributed by atoms with E-state index in [0.29, 0.717) is 6.04 Å². The molecule has 1 atom stereocenters. The predicted molar refractivity (Wildman–Crippen MR) is 78.1 cm³/mol. The van der Waals surface area contributed by atoms with Crippen LogP contribution in [0.5, 0.6) is 0 Å². The number of hydrogen-bond donors (Lipinski definition) is 1. The van der Waals surface area contributed by atoms with Crippen molar-refractivity contribution in [1.82, 2.24) is 20.1 Å². The number of rotatable bonds is 7. The summed E-state index contributed by atoms with van der Waals surface area (Å²) < 4.78 is 2.06. The monoisotopic (exact) mass is 264 g/mol. The second kappa shape index (κ2) is 7.63. The van der Waals surface area contributed by atoms with Gasteiger partial charge >= 0.3 is 0 Å². The minimum Gasteiger partial charge on any atom is -0.317 e. The first kappa shape index (κ1) is 14.5. The predicted octanol–water partition coefficient (Wildman–Crippen LogP) is 2.79. The zero-order chi connectivity index (χ0) is 13.5. The first-order valence-corrected chi connectivity index (χ1v) is 7.87. The van der Waals surface area contributed by atoms with Crippen molar-refractivity contribution in [3.8, 4) is 0 Å². The van der Waals surface area contributed by atoms with Crippen LogP contribution in [-0.4, -0.2) is 27.9 Å². The van der Waals surface area contributed by atoms with Gasteiger partial charge in [0.05, 0.1) is 0 Å². The normalized spacial score (nSPS) is 18.6. The van der Waals surface area contributed by atoms with Crippen LogP contribution in [0.4, 0.5) is 0 Å². The fourth-order valence-electron chi connectivity index (χ4n) is 3.19. The summed E-state index contributed by atoms with van der Waals surface area (Å²) in [5.74, 6) is 2.05. The summed E-state index contributed by atoms with van der Waals surface area (Å²) in [7, 11) is 2.08. The number of aromatic nitrogens is 3. The summed E-state index contributed by atoms with van der Waals surface area (Å²) in [4.78, 5) is 4.43.